The van der Waals surface area contributed by atoms with Crippen LogP contribution in [0.3, 0.4) is 0 Å². The van der Waals surface area contributed by atoms with E-state index < -0.39 is 4.92 Å². The molecule has 0 saturated heterocycles. The molecule has 21 heavy (non-hydrogen) atoms. The van der Waals surface area contributed by atoms with Crippen LogP contribution in [0.5, 0.6) is 0 Å². The molecule has 1 aromatic heterocycles. The molecule has 0 saturated carbocycles. The highest BCUT2D eigenvalue weighted by atomic mass is 16.6. The fourth-order valence-electron chi connectivity index (χ4n) is 2.28. The van der Waals surface area contributed by atoms with Crippen molar-refractivity contribution < 1.29 is 9.34 Å². The van der Waals surface area contributed by atoms with Gasteiger partial charge in [-0.3, -0.25) is 10.1 Å². The molecule has 1 atom stereocenters. The average molecular weight is 288 g/mol. The number of nitrogens with zero attached hydrogens (tertiary/aromatic N) is 1. The molecule has 0 fully saturated rings. The third-order valence-corrected chi connectivity index (χ3v) is 3.26. The SMILES string of the molecule is CC(C)CC(NCc1ccc([N+](=O)[O-])o1)c1ccccc1. The van der Waals surface area contributed by atoms with Crippen molar-refractivity contribution in [1.82, 2.24) is 5.32 Å². The first-order valence-electron chi connectivity index (χ1n) is 7.07. The summed E-state index contributed by atoms with van der Waals surface area (Å²) in [5, 5.41) is 14.0. The molecule has 0 amide bonds. The molecule has 0 aliphatic carbocycles. The number of hydrogen-bond acceptors (Lipinski definition) is 4. The Morgan fingerprint density at radius 3 is 2.48 bits per heavy atom. The molecule has 1 aromatic carbocycles. The Kier molecular flexibility index (Phi) is 5.11. The molecule has 1 unspecified atom stereocenters. The highest BCUT2D eigenvalue weighted by Crippen LogP contribution is 2.22. The maximum absolute atomic E-state index is 10.6. The normalized spacial score (nSPS) is 12.5. The van der Waals surface area contributed by atoms with Gasteiger partial charge in [-0.1, -0.05) is 44.2 Å². The van der Waals surface area contributed by atoms with Crippen molar-refractivity contribution in [3.8, 4) is 0 Å². The van der Waals surface area contributed by atoms with Gasteiger partial charge in [0.1, 0.15) is 10.7 Å². The van der Waals surface area contributed by atoms with Gasteiger partial charge in [0.15, 0.2) is 0 Å². The van der Waals surface area contributed by atoms with E-state index in [1.165, 1.54) is 11.6 Å². The molecule has 2 aromatic rings. The number of rotatable bonds is 7. The maximum atomic E-state index is 10.6. The summed E-state index contributed by atoms with van der Waals surface area (Å²) in [6.07, 6.45) is 0.993. The van der Waals surface area contributed by atoms with Gasteiger partial charge in [-0.25, -0.2) is 0 Å². The first-order valence-corrected chi connectivity index (χ1v) is 7.07. The summed E-state index contributed by atoms with van der Waals surface area (Å²) < 4.78 is 5.17. The third kappa shape index (κ3) is 4.43. The van der Waals surface area contributed by atoms with E-state index in [4.69, 9.17) is 4.42 Å². The molecule has 5 nitrogen and oxygen atoms in total. The Balaban J connectivity index is 2.03. The van der Waals surface area contributed by atoms with E-state index in [-0.39, 0.29) is 11.9 Å². The predicted octanol–water partition coefficient (Wildman–Crippen LogP) is 4.06. The van der Waals surface area contributed by atoms with Crippen LogP contribution in [-0.2, 0) is 6.54 Å². The van der Waals surface area contributed by atoms with E-state index in [1.54, 1.807) is 6.07 Å². The fourth-order valence-corrected chi connectivity index (χ4v) is 2.28. The van der Waals surface area contributed by atoms with Crippen LogP contribution in [0.1, 0.15) is 37.6 Å². The van der Waals surface area contributed by atoms with Crippen molar-refractivity contribution in [3.63, 3.8) is 0 Å². The van der Waals surface area contributed by atoms with Gasteiger partial charge in [-0.2, -0.15) is 0 Å². The van der Waals surface area contributed by atoms with E-state index in [0.717, 1.165) is 6.42 Å². The predicted molar refractivity (Wildman–Crippen MR) is 80.8 cm³/mol. The topological polar surface area (TPSA) is 68.3 Å². The summed E-state index contributed by atoms with van der Waals surface area (Å²) in [5.41, 5.74) is 1.22. The first kappa shape index (κ1) is 15.3. The Hall–Kier alpha value is -2.14. The van der Waals surface area contributed by atoms with E-state index in [2.05, 4.69) is 31.3 Å². The standard InChI is InChI=1S/C16H20N2O3/c1-12(2)10-15(13-6-4-3-5-7-13)17-11-14-8-9-16(21-14)18(19)20/h3-9,12,15,17H,10-11H2,1-2H3. The quantitative estimate of drug-likeness (QED) is 0.616. The van der Waals surface area contributed by atoms with Gasteiger partial charge in [-0.15, -0.1) is 0 Å². The minimum Gasteiger partial charge on any atom is -0.404 e. The molecule has 2 rings (SSSR count). The van der Waals surface area contributed by atoms with E-state index >= 15 is 0 Å². The minimum absolute atomic E-state index is 0.204. The second-order valence-electron chi connectivity index (χ2n) is 5.47. The third-order valence-electron chi connectivity index (χ3n) is 3.26. The van der Waals surface area contributed by atoms with Crippen molar-refractivity contribution in [2.45, 2.75) is 32.9 Å². The van der Waals surface area contributed by atoms with Crippen molar-refractivity contribution in [2.24, 2.45) is 5.92 Å². The molecule has 112 valence electrons. The van der Waals surface area contributed by atoms with Gasteiger partial charge in [0.25, 0.3) is 0 Å². The second kappa shape index (κ2) is 7.04. The summed E-state index contributed by atoms with van der Waals surface area (Å²) in [6.45, 7) is 4.82. The molecule has 5 heteroatoms. The zero-order chi connectivity index (χ0) is 15.2. The number of benzene rings is 1. The van der Waals surface area contributed by atoms with Crippen LogP contribution >= 0.6 is 0 Å². The van der Waals surface area contributed by atoms with E-state index in [9.17, 15) is 10.1 Å². The molecular formula is C16H20N2O3. The lowest BCUT2D eigenvalue weighted by molar-refractivity contribution is -0.402. The number of hydrogen-bond donors (Lipinski definition) is 1. The summed E-state index contributed by atoms with van der Waals surface area (Å²) in [4.78, 5) is 10.1. The van der Waals surface area contributed by atoms with Crippen molar-refractivity contribution in [2.75, 3.05) is 0 Å². The van der Waals surface area contributed by atoms with Gasteiger partial charge in [-0.05, 0) is 24.0 Å². The lowest BCUT2D eigenvalue weighted by Crippen LogP contribution is -2.22. The van der Waals surface area contributed by atoms with Crippen LogP contribution in [0, 0.1) is 16.0 Å². The summed E-state index contributed by atoms with van der Waals surface area (Å²) in [7, 11) is 0. The van der Waals surface area contributed by atoms with E-state index in [1.807, 2.05) is 18.2 Å². The molecule has 1 N–H and O–H groups in total. The molecule has 0 spiro atoms. The monoisotopic (exact) mass is 288 g/mol. The Bertz CT molecular complexity index is 578. The van der Waals surface area contributed by atoms with Crippen molar-refractivity contribution in [3.05, 3.63) is 63.9 Å². The van der Waals surface area contributed by atoms with E-state index in [0.29, 0.717) is 18.2 Å². The van der Waals surface area contributed by atoms with Crippen LogP contribution in [0.4, 0.5) is 5.88 Å². The lowest BCUT2D eigenvalue weighted by atomic mass is 9.97. The average Bonchev–Trinajstić information content (AvgIpc) is 2.93. The maximum Gasteiger partial charge on any atom is 0.433 e. The number of nitrogens with one attached hydrogen (secondary N) is 1. The summed E-state index contributed by atoms with van der Waals surface area (Å²) >= 11 is 0. The number of nitro groups is 1. The lowest BCUT2D eigenvalue weighted by Gasteiger charge is -2.20. The number of furan rings is 1. The minimum atomic E-state index is -0.522. The van der Waals surface area contributed by atoms with Gasteiger partial charge in [0.05, 0.1) is 12.6 Å². The molecule has 0 bridgehead atoms. The second-order valence-corrected chi connectivity index (χ2v) is 5.47. The van der Waals surface area contributed by atoms with Crippen LogP contribution in [0.25, 0.3) is 0 Å². The summed E-state index contributed by atoms with van der Waals surface area (Å²) in [6, 6.07) is 13.4. The van der Waals surface area contributed by atoms with Gasteiger partial charge >= 0.3 is 5.88 Å². The van der Waals surface area contributed by atoms with Gasteiger partial charge < -0.3 is 9.73 Å². The Morgan fingerprint density at radius 1 is 1.19 bits per heavy atom. The van der Waals surface area contributed by atoms with Crippen LogP contribution < -0.4 is 5.32 Å². The highest BCUT2D eigenvalue weighted by Gasteiger charge is 2.15. The van der Waals surface area contributed by atoms with Crippen molar-refractivity contribution >= 4 is 5.88 Å². The van der Waals surface area contributed by atoms with Crippen LogP contribution in [0.15, 0.2) is 46.9 Å². The van der Waals surface area contributed by atoms with Crippen molar-refractivity contribution in [1.29, 1.82) is 0 Å². The van der Waals surface area contributed by atoms with Gasteiger partial charge in [0, 0.05) is 6.04 Å². The Morgan fingerprint density at radius 2 is 1.90 bits per heavy atom. The zero-order valence-electron chi connectivity index (χ0n) is 12.3. The smallest absolute Gasteiger partial charge is 0.404 e. The van der Waals surface area contributed by atoms with Gasteiger partial charge in [0.2, 0.25) is 0 Å². The van der Waals surface area contributed by atoms with Crippen LogP contribution in [0.2, 0.25) is 0 Å². The Labute approximate surface area is 124 Å². The molecule has 1 heterocycles. The fraction of sp³-hybridized carbons (Fsp3) is 0.375. The largest absolute Gasteiger partial charge is 0.433 e. The molecule has 0 radical (unpaired) electrons. The molecule has 0 aliphatic rings. The zero-order valence-corrected chi connectivity index (χ0v) is 12.3. The summed E-state index contributed by atoms with van der Waals surface area (Å²) in [5.74, 6) is 0.909. The van der Waals surface area contributed by atoms with Crippen LogP contribution in [-0.4, -0.2) is 4.92 Å². The molecular weight excluding hydrogens is 268 g/mol. The molecule has 0 aliphatic heterocycles. The first-order chi connectivity index (χ1) is 10.1. The highest BCUT2D eigenvalue weighted by molar-refractivity contribution is 5.20.